The molecule has 138 valence electrons. The summed E-state index contributed by atoms with van der Waals surface area (Å²) in [5.41, 5.74) is 2.71. The van der Waals surface area contributed by atoms with Gasteiger partial charge in [0.25, 0.3) is 5.91 Å². The Hall–Kier alpha value is -1.95. The minimum Gasteiger partial charge on any atom is -0.353 e. The van der Waals surface area contributed by atoms with Crippen molar-refractivity contribution in [1.82, 2.24) is 9.88 Å². The zero-order valence-electron chi connectivity index (χ0n) is 14.4. The highest BCUT2D eigenvalue weighted by atomic mass is 35.5. The molecule has 2 aromatic carbocycles. The van der Waals surface area contributed by atoms with E-state index in [1.165, 1.54) is 0 Å². The van der Waals surface area contributed by atoms with Crippen molar-refractivity contribution in [2.24, 2.45) is 0 Å². The molecular weight excluding hydrogens is 401 g/mol. The van der Waals surface area contributed by atoms with Crippen LogP contribution in [0.15, 0.2) is 48.7 Å². The van der Waals surface area contributed by atoms with Crippen LogP contribution in [0.1, 0.15) is 10.4 Å². The third-order valence-electron chi connectivity index (χ3n) is 4.49. The Morgan fingerprint density at radius 3 is 2.70 bits per heavy atom. The highest BCUT2D eigenvalue weighted by molar-refractivity contribution is 7.99. The third-order valence-corrected chi connectivity index (χ3v) is 6.00. The first kappa shape index (κ1) is 18.4. The van der Waals surface area contributed by atoms with Crippen LogP contribution in [-0.4, -0.2) is 40.4 Å². The van der Waals surface area contributed by atoms with Gasteiger partial charge in [0, 0.05) is 41.2 Å². The molecule has 1 N–H and O–H groups in total. The molecule has 1 aromatic heterocycles. The number of pyridine rings is 1. The Balaban J connectivity index is 1.82. The van der Waals surface area contributed by atoms with Crippen LogP contribution in [0.4, 0.5) is 11.4 Å². The van der Waals surface area contributed by atoms with Crippen molar-refractivity contribution in [3.63, 3.8) is 0 Å². The fraction of sp³-hybridized carbons (Fsp3) is 0.200. The van der Waals surface area contributed by atoms with Crippen LogP contribution in [-0.2, 0) is 0 Å². The Morgan fingerprint density at radius 1 is 1.11 bits per heavy atom. The fourth-order valence-electron chi connectivity index (χ4n) is 3.10. The topological polar surface area (TPSA) is 45.2 Å². The molecule has 0 saturated carbocycles. The number of amides is 1. The maximum Gasteiger partial charge on any atom is 0.257 e. The number of halogens is 2. The number of para-hydroxylation sites is 1. The van der Waals surface area contributed by atoms with Crippen LogP contribution in [0.3, 0.4) is 0 Å². The molecular formula is C20H17Cl2N3OS. The second-order valence-corrected chi connectivity index (χ2v) is 8.29. The van der Waals surface area contributed by atoms with Gasteiger partial charge in [-0.1, -0.05) is 41.4 Å². The lowest BCUT2D eigenvalue weighted by molar-refractivity contribution is 0.0773. The summed E-state index contributed by atoms with van der Waals surface area (Å²) < 4.78 is 0. The van der Waals surface area contributed by atoms with E-state index in [2.05, 4.69) is 10.3 Å². The fourth-order valence-corrected chi connectivity index (χ4v) is 4.34. The summed E-state index contributed by atoms with van der Waals surface area (Å²) in [6, 6.07) is 13.0. The third kappa shape index (κ3) is 3.86. The van der Waals surface area contributed by atoms with Crippen LogP contribution >= 0.6 is 35.0 Å². The standard InChI is InChI=1S/C20H17Cl2N3OS/c21-13-5-6-16(22)18(11-13)24-19-14-3-1-2-4-17(14)23-12-15(19)20(26)25-7-9-27-10-8-25/h1-6,11-12H,7-10H2,(H,23,24). The first-order valence-electron chi connectivity index (χ1n) is 8.60. The van der Waals surface area contributed by atoms with Crippen LogP contribution in [0.5, 0.6) is 0 Å². The van der Waals surface area contributed by atoms with Crippen LogP contribution in [0, 0.1) is 0 Å². The largest absolute Gasteiger partial charge is 0.353 e. The Morgan fingerprint density at radius 2 is 1.89 bits per heavy atom. The number of carbonyl (C=O) groups is 1. The van der Waals surface area contributed by atoms with Gasteiger partial charge in [0.15, 0.2) is 0 Å². The molecule has 1 amide bonds. The predicted octanol–water partition coefficient (Wildman–Crippen LogP) is 5.47. The van der Waals surface area contributed by atoms with E-state index in [1.54, 1.807) is 24.4 Å². The Kier molecular flexibility index (Phi) is 5.43. The van der Waals surface area contributed by atoms with E-state index in [4.69, 9.17) is 23.2 Å². The van der Waals surface area contributed by atoms with Crippen molar-refractivity contribution in [3.8, 4) is 0 Å². The lowest BCUT2D eigenvalue weighted by Crippen LogP contribution is -2.38. The van der Waals surface area contributed by atoms with Gasteiger partial charge in [-0.15, -0.1) is 0 Å². The monoisotopic (exact) mass is 417 g/mol. The zero-order valence-corrected chi connectivity index (χ0v) is 16.7. The van der Waals surface area contributed by atoms with Gasteiger partial charge in [-0.25, -0.2) is 0 Å². The number of benzene rings is 2. The summed E-state index contributed by atoms with van der Waals surface area (Å²) in [7, 11) is 0. The smallest absolute Gasteiger partial charge is 0.257 e. The van der Waals surface area contributed by atoms with E-state index >= 15 is 0 Å². The molecule has 4 rings (SSSR count). The minimum absolute atomic E-state index is 0.0193. The average molecular weight is 418 g/mol. The minimum atomic E-state index is -0.0193. The van der Waals surface area contributed by atoms with Gasteiger partial charge in [-0.2, -0.15) is 11.8 Å². The van der Waals surface area contributed by atoms with Gasteiger partial charge in [0.05, 0.1) is 27.5 Å². The molecule has 0 atom stereocenters. The number of thioether (sulfide) groups is 1. The first-order chi connectivity index (χ1) is 13.1. The van der Waals surface area contributed by atoms with E-state index in [1.807, 2.05) is 40.9 Å². The molecule has 0 aliphatic carbocycles. The maximum atomic E-state index is 13.2. The van der Waals surface area contributed by atoms with E-state index < -0.39 is 0 Å². The summed E-state index contributed by atoms with van der Waals surface area (Å²) in [4.78, 5) is 19.6. The van der Waals surface area contributed by atoms with Crippen molar-refractivity contribution < 1.29 is 4.79 Å². The SMILES string of the molecule is O=C(c1cnc2ccccc2c1Nc1cc(Cl)ccc1Cl)N1CCSCC1. The summed E-state index contributed by atoms with van der Waals surface area (Å²) >= 11 is 14.3. The number of nitrogens with zero attached hydrogens (tertiary/aromatic N) is 2. The zero-order chi connectivity index (χ0) is 18.8. The molecule has 7 heteroatoms. The van der Waals surface area contributed by atoms with E-state index in [-0.39, 0.29) is 5.91 Å². The van der Waals surface area contributed by atoms with E-state index in [9.17, 15) is 4.79 Å². The molecule has 0 radical (unpaired) electrons. The van der Waals surface area contributed by atoms with Gasteiger partial charge >= 0.3 is 0 Å². The molecule has 2 heterocycles. The van der Waals surface area contributed by atoms with Crippen molar-refractivity contribution in [1.29, 1.82) is 0 Å². The number of fused-ring (bicyclic) bond motifs is 1. The van der Waals surface area contributed by atoms with Crippen LogP contribution in [0.25, 0.3) is 10.9 Å². The van der Waals surface area contributed by atoms with Crippen molar-refractivity contribution in [3.05, 3.63) is 64.3 Å². The molecule has 0 spiro atoms. The highest BCUT2D eigenvalue weighted by Crippen LogP contribution is 2.34. The molecule has 0 unspecified atom stereocenters. The van der Waals surface area contributed by atoms with Crippen molar-refractivity contribution in [2.75, 3.05) is 29.9 Å². The summed E-state index contributed by atoms with van der Waals surface area (Å²) in [5.74, 6) is 1.89. The summed E-state index contributed by atoms with van der Waals surface area (Å²) in [5, 5.41) is 5.31. The van der Waals surface area contributed by atoms with Gasteiger partial charge in [0.1, 0.15) is 0 Å². The quantitative estimate of drug-likeness (QED) is 0.612. The van der Waals surface area contributed by atoms with Crippen LogP contribution < -0.4 is 5.32 Å². The molecule has 3 aromatic rings. The second kappa shape index (κ2) is 7.97. The maximum absolute atomic E-state index is 13.2. The highest BCUT2D eigenvalue weighted by Gasteiger charge is 2.23. The first-order valence-corrected chi connectivity index (χ1v) is 10.5. The molecule has 4 nitrogen and oxygen atoms in total. The number of anilines is 2. The lowest BCUT2D eigenvalue weighted by atomic mass is 10.1. The van der Waals surface area contributed by atoms with E-state index in [0.29, 0.717) is 27.0 Å². The summed E-state index contributed by atoms with van der Waals surface area (Å²) in [6.07, 6.45) is 1.65. The van der Waals surface area contributed by atoms with Crippen molar-refractivity contribution in [2.45, 2.75) is 0 Å². The molecule has 1 aliphatic rings. The van der Waals surface area contributed by atoms with Gasteiger partial charge in [-0.3, -0.25) is 9.78 Å². The molecule has 27 heavy (non-hydrogen) atoms. The van der Waals surface area contributed by atoms with Gasteiger partial charge in [-0.05, 0) is 24.3 Å². The van der Waals surface area contributed by atoms with Crippen LogP contribution in [0.2, 0.25) is 10.0 Å². The number of nitrogens with one attached hydrogen (secondary N) is 1. The average Bonchev–Trinajstić information content (AvgIpc) is 2.71. The van der Waals surface area contributed by atoms with Crippen molar-refractivity contribution >= 4 is 63.1 Å². The number of aromatic nitrogens is 1. The number of rotatable bonds is 3. The number of carbonyl (C=O) groups excluding carboxylic acids is 1. The number of hydrogen-bond donors (Lipinski definition) is 1. The van der Waals surface area contributed by atoms with E-state index in [0.717, 1.165) is 35.5 Å². The molecule has 1 aliphatic heterocycles. The molecule has 0 bridgehead atoms. The van der Waals surface area contributed by atoms with Gasteiger partial charge in [0.2, 0.25) is 0 Å². The normalized spacial score (nSPS) is 14.4. The van der Waals surface area contributed by atoms with Gasteiger partial charge < -0.3 is 10.2 Å². The molecule has 1 saturated heterocycles. The lowest BCUT2D eigenvalue weighted by Gasteiger charge is -2.27. The molecule has 1 fully saturated rings. The Bertz CT molecular complexity index is 1010. The number of hydrogen-bond acceptors (Lipinski definition) is 4. The summed E-state index contributed by atoms with van der Waals surface area (Å²) in [6.45, 7) is 1.49. The Labute approximate surface area is 171 Å². The second-order valence-electron chi connectivity index (χ2n) is 6.22. The predicted molar refractivity (Wildman–Crippen MR) is 115 cm³/mol.